The molecule has 11 heavy (non-hydrogen) atoms. The maximum Gasteiger partial charge on any atom is 0.315 e. The van der Waals surface area contributed by atoms with Gasteiger partial charge in [0.25, 0.3) is 0 Å². The van der Waals surface area contributed by atoms with E-state index in [4.69, 9.17) is 4.84 Å². The molecule has 0 saturated heterocycles. The first-order valence-electron chi connectivity index (χ1n) is 3.25. The minimum absolute atomic E-state index is 0.184. The molecule has 4 N–H and O–H groups in total. The van der Waals surface area contributed by atoms with Gasteiger partial charge in [0.1, 0.15) is 0 Å². The number of amidine groups is 1. The summed E-state index contributed by atoms with van der Waals surface area (Å²) in [4.78, 5) is 12.8. The molecule has 2 unspecified atom stereocenters. The van der Waals surface area contributed by atoms with Gasteiger partial charge in [-0.05, 0) is 0 Å². The molecule has 2 rings (SSSR count). The van der Waals surface area contributed by atoms with Crippen LogP contribution in [0.1, 0.15) is 0 Å². The Morgan fingerprint density at radius 3 is 3.36 bits per heavy atom. The number of hydrogen-bond acceptors (Lipinski definition) is 5. The molecule has 0 fully saturated rings. The summed E-state index contributed by atoms with van der Waals surface area (Å²) in [5, 5.41) is 6.65. The van der Waals surface area contributed by atoms with Crippen molar-refractivity contribution in [3.63, 3.8) is 0 Å². The fraction of sp³-hybridized carbons (Fsp3) is 0.400. The van der Waals surface area contributed by atoms with Crippen LogP contribution in [0.25, 0.3) is 0 Å². The number of quaternary nitrogens is 1. The molecule has 0 radical (unpaired) electrons. The van der Waals surface area contributed by atoms with Crippen LogP contribution in [0.5, 0.6) is 0 Å². The highest BCUT2D eigenvalue weighted by atomic mass is 16.7. The third-order valence-corrected chi connectivity index (χ3v) is 1.37. The third kappa shape index (κ3) is 1.13. The lowest BCUT2D eigenvalue weighted by Gasteiger charge is -2.21. The Morgan fingerprint density at radius 2 is 2.45 bits per heavy atom. The number of nitrogens with one attached hydrogen (secondary N) is 1. The van der Waals surface area contributed by atoms with E-state index in [0.29, 0.717) is 5.84 Å². The molecule has 2 heterocycles. The highest BCUT2D eigenvalue weighted by Crippen LogP contribution is 2.02. The minimum Gasteiger partial charge on any atom is -0.321 e. The maximum atomic E-state index is 4.83. The van der Waals surface area contributed by atoms with Gasteiger partial charge in [-0.1, -0.05) is 5.16 Å². The Hall–Kier alpha value is -1.27. The molecule has 0 aromatic rings. The number of nitrogens with zero attached hydrogens (tertiary/aromatic N) is 3. The van der Waals surface area contributed by atoms with Gasteiger partial charge in [-0.3, -0.25) is 4.99 Å². The summed E-state index contributed by atoms with van der Waals surface area (Å²) in [7, 11) is 0. The first-order valence-corrected chi connectivity index (χ1v) is 3.25. The predicted molar refractivity (Wildman–Crippen MR) is 39.1 cm³/mol. The van der Waals surface area contributed by atoms with Gasteiger partial charge >= 0.3 is 6.35 Å². The highest BCUT2D eigenvalue weighted by Gasteiger charge is 2.25. The monoisotopic (exact) mass is 154 g/mol. The Kier molecular flexibility index (Phi) is 1.41. The van der Waals surface area contributed by atoms with Crippen molar-refractivity contribution in [1.82, 2.24) is 5.32 Å². The Bertz CT molecular complexity index is 245. The van der Waals surface area contributed by atoms with Gasteiger partial charge in [0.15, 0.2) is 6.17 Å². The second kappa shape index (κ2) is 2.40. The van der Waals surface area contributed by atoms with E-state index in [0.717, 1.165) is 0 Å². The van der Waals surface area contributed by atoms with Gasteiger partial charge in [-0.25, -0.2) is 10.3 Å². The summed E-state index contributed by atoms with van der Waals surface area (Å²) in [6, 6.07) is 0. The first kappa shape index (κ1) is 6.44. The number of rotatable bonds is 0. The van der Waals surface area contributed by atoms with E-state index in [1.165, 1.54) is 0 Å². The van der Waals surface area contributed by atoms with Crippen LogP contribution in [-0.4, -0.2) is 30.8 Å². The van der Waals surface area contributed by atoms with Crippen molar-refractivity contribution >= 4 is 18.3 Å². The van der Waals surface area contributed by atoms with Crippen molar-refractivity contribution < 1.29 is 10.6 Å². The van der Waals surface area contributed by atoms with Gasteiger partial charge in [0.05, 0.1) is 0 Å². The van der Waals surface area contributed by atoms with E-state index in [9.17, 15) is 0 Å². The fourth-order valence-corrected chi connectivity index (χ4v) is 0.887. The van der Waals surface area contributed by atoms with Gasteiger partial charge in [-0.2, -0.15) is 0 Å². The van der Waals surface area contributed by atoms with Crippen LogP contribution < -0.4 is 11.1 Å². The molecular weight excluding hydrogens is 146 g/mol. The molecule has 0 spiro atoms. The van der Waals surface area contributed by atoms with Crippen LogP contribution in [0.15, 0.2) is 15.1 Å². The molecule has 0 aromatic carbocycles. The summed E-state index contributed by atoms with van der Waals surface area (Å²) in [6.45, 7) is 0. The van der Waals surface area contributed by atoms with Crippen molar-refractivity contribution in [3.8, 4) is 0 Å². The molecule has 6 heteroatoms. The fourth-order valence-electron chi connectivity index (χ4n) is 0.887. The van der Waals surface area contributed by atoms with Gasteiger partial charge in [-0.15, -0.1) is 0 Å². The standard InChI is InChI=1S/C5H7N5O/c6-5-9-3-4(10-11-5)8-2-1-7-3/h1-3,5,9H,6H2/p+1. The topological polar surface area (TPSA) is 86.0 Å². The normalized spacial score (nSPS) is 34.1. The molecule has 2 aliphatic heterocycles. The minimum atomic E-state index is -0.339. The second-order valence-corrected chi connectivity index (χ2v) is 2.19. The van der Waals surface area contributed by atoms with Crippen molar-refractivity contribution in [1.29, 1.82) is 0 Å². The Balaban J connectivity index is 2.23. The number of hydrogen-bond donors (Lipinski definition) is 2. The summed E-state index contributed by atoms with van der Waals surface area (Å²) < 4.78 is 0. The number of oxime groups is 1. The van der Waals surface area contributed by atoms with Gasteiger partial charge in [0, 0.05) is 12.4 Å². The zero-order chi connectivity index (χ0) is 7.68. The van der Waals surface area contributed by atoms with Gasteiger partial charge in [0.2, 0.25) is 5.84 Å². The van der Waals surface area contributed by atoms with Crippen molar-refractivity contribution in [2.24, 2.45) is 15.1 Å². The average Bonchev–Trinajstić information content (AvgIpc) is 2.04. The van der Waals surface area contributed by atoms with Crippen LogP contribution in [0.3, 0.4) is 0 Å². The number of fused-ring (bicyclic) bond motifs is 1. The molecule has 0 bridgehead atoms. The SMILES string of the molecule is [NH3+]C1NC2N=CC=NC2=NO1. The second-order valence-electron chi connectivity index (χ2n) is 2.19. The third-order valence-electron chi connectivity index (χ3n) is 1.37. The Labute approximate surface area is 62.8 Å². The molecule has 2 aliphatic rings. The zero-order valence-corrected chi connectivity index (χ0v) is 5.77. The molecule has 0 amide bonds. The summed E-state index contributed by atoms with van der Waals surface area (Å²) >= 11 is 0. The van der Waals surface area contributed by atoms with Crippen LogP contribution in [0.4, 0.5) is 0 Å². The number of aliphatic imine (C=N–C) groups is 2. The van der Waals surface area contributed by atoms with Crippen molar-refractivity contribution in [2.45, 2.75) is 12.5 Å². The van der Waals surface area contributed by atoms with Crippen LogP contribution in [0, 0.1) is 0 Å². The molecule has 58 valence electrons. The van der Waals surface area contributed by atoms with E-state index >= 15 is 0 Å². The molecular formula is C5H8N5O+. The zero-order valence-electron chi connectivity index (χ0n) is 5.77. The molecule has 2 atom stereocenters. The predicted octanol–water partition coefficient (Wildman–Crippen LogP) is -2.07. The molecule has 0 aliphatic carbocycles. The lowest BCUT2D eigenvalue weighted by atomic mass is 10.4. The smallest absolute Gasteiger partial charge is 0.315 e. The van der Waals surface area contributed by atoms with E-state index in [2.05, 4.69) is 26.2 Å². The lowest BCUT2D eigenvalue weighted by molar-refractivity contribution is -0.504. The van der Waals surface area contributed by atoms with E-state index in [1.54, 1.807) is 12.4 Å². The maximum absolute atomic E-state index is 4.83. The molecule has 6 nitrogen and oxygen atoms in total. The van der Waals surface area contributed by atoms with Gasteiger partial charge < -0.3 is 10.6 Å². The lowest BCUT2D eigenvalue weighted by Crippen LogP contribution is -2.72. The first-order chi connectivity index (χ1) is 5.36. The Morgan fingerprint density at radius 1 is 1.55 bits per heavy atom. The summed E-state index contributed by atoms with van der Waals surface area (Å²) in [5.41, 5.74) is 3.62. The largest absolute Gasteiger partial charge is 0.321 e. The van der Waals surface area contributed by atoms with E-state index in [1.807, 2.05) is 0 Å². The summed E-state index contributed by atoms with van der Waals surface area (Å²) in [5.74, 6) is 0.549. The van der Waals surface area contributed by atoms with E-state index in [-0.39, 0.29) is 12.5 Å². The van der Waals surface area contributed by atoms with E-state index < -0.39 is 0 Å². The van der Waals surface area contributed by atoms with Crippen molar-refractivity contribution in [2.75, 3.05) is 0 Å². The highest BCUT2D eigenvalue weighted by molar-refractivity contribution is 6.22. The average molecular weight is 154 g/mol. The molecule has 0 saturated carbocycles. The summed E-state index contributed by atoms with van der Waals surface area (Å²) in [6.07, 6.45) is 2.67. The quantitative estimate of drug-likeness (QED) is 0.420. The van der Waals surface area contributed by atoms with Crippen LogP contribution >= 0.6 is 0 Å². The molecule has 0 aromatic heterocycles. The van der Waals surface area contributed by atoms with Crippen LogP contribution in [0.2, 0.25) is 0 Å². The van der Waals surface area contributed by atoms with Crippen molar-refractivity contribution in [3.05, 3.63) is 0 Å². The van der Waals surface area contributed by atoms with Crippen LogP contribution in [-0.2, 0) is 4.84 Å².